The Morgan fingerprint density at radius 2 is 2.29 bits per heavy atom. The summed E-state index contributed by atoms with van der Waals surface area (Å²) in [6, 6.07) is 0.486. The van der Waals surface area contributed by atoms with E-state index in [0.29, 0.717) is 6.04 Å². The molecule has 0 saturated carbocycles. The summed E-state index contributed by atoms with van der Waals surface area (Å²) in [4.78, 5) is 14.2. The van der Waals surface area contributed by atoms with Gasteiger partial charge in [0, 0.05) is 32.2 Å². The number of unbranched alkanes of at least 4 members (excludes halogenated alkanes) is 2. The molecular formula is C13H27N3O. The van der Waals surface area contributed by atoms with E-state index in [0.717, 1.165) is 32.6 Å². The zero-order valence-corrected chi connectivity index (χ0v) is 11.5. The molecule has 0 aliphatic carbocycles. The van der Waals surface area contributed by atoms with Crippen LogP contribution in [0.4, 0.5) is 0 Å². The van der Waals surface area contributed by atoms with Gasteiger partial charge in [0.05, 0.1) is 6.04 Å². The first-order valence-corrected chi connectivity index (χ1v) is 6.90. The highest BCUT2D eigenvalue weighted by Gasteiger charge is 2.24. The first-order valence-electron chi connectivity index (χ1n) is 6.90. The van der Waals surface area contributed by atoms with Gasteiger partial charge in [0.15, 0.2) is 0 Å². The molecule has 4 nitrogen and oxygen atoms in total. The highest BCUT2D eigenvalue weighted by atomic mass is 16.2. The van der Waals surface area contributed by atoms with Crippen molar-refractivity contribution < 1.29 is 4.79 Å². The molecule has 1 saturated heterocycles. The summed E-state index contributed by atoms with van der Waals surface area (Å²) in [6.07, 6.45) is 3.48. The Balaban J connectivity index is 2.25. The third kappa shape index (κ3) is 5.04. The number of hydrogen-bond acceptors (Lipinski definition) is 3. The maximum Gasteiger partial charge on any atom is 0.237 e. The molecule has 0 bridgehead atoms. The molecule has 1 unspecified atom stereocenters. The maximum absolute atomic E-state index is 11.9. The molecule has 1 fully saturated rings. The molecule has 0 radical (unpaired) electrons. The number of carbonyl (C=O) groups is 1. The Bertz CT molecular complexity index is 233. The van der Waals surface area contributed by atoms with E-state index in [4.69, 9.17) is 0 Å². The van der Waals surface area contributed by atoms with Crippen molar-refractivity contribution >= 4 is 5.91 Å². The summed E-state index contributed by atoms with van der Waals surface area (Å²) in [5, 5.41) is 6.42. The molecule has 1 amide bonds. The largest absolute Gasteiger partial charge is 0.355 e. The van der Waals surface area contributed by atoms with Crippen molar-refractivity contribution in [3.63, 3.8) is 0 Å². The first-order chi connectivity index (χ1) is 8.15. The van der Waals surface area contributed by atoms with Crippen LogP contribution in [0.5, 0.6) is 0 Å². The van der Waals surface area contributed by atoms with Crippen LogP contribution >= 0.6 is 0 Å². The van der Waals surface area contributed by atoms with Crippen molar-refractivity contribution in [1.29, 1.82) is 0 Å². The smallest absolute Gasteiger partial charge is 0.237 e. The van der Waals surface area contributed by atoms with Crippen LogP contribution in [0.1, 0.15) is 40.0 Å². The average molecular weight is 241 g/mol. The van der Waals surface area contributed by atoms with Crippen LogP contribution in [0.3, 0.4) is 0 Å². The van der Waals surface area contributed by atoms with Crippen LogP contribution in [0.15, 0.2) is 0 Å². The fourth-order valence-electron chi connectivity index (χ4n) is 2.21. The second-order valence-electron chi connectivity index (χ2n) is 5.02. The van der Waals surface area contributed by atoms with Gasteiger partial charge in [-0.3, -0.25) is 9.69 Å². The highest BCUT2D eigenvalue weighted by molar-refractivity contribution is 5.81. The summed E-state index contributed by atoms with van der Waals surface area (Å²) in [5.74, 6) is 0.176. The SMILES string of the molecule is CCCCCNC(=O)C(C)N1CCN[C@H](C)C1. The van der Waals surface area contributed by atoms with Crippen molar-refractivity contribution in [2.45, 2.75) is 52.1 Å². The van der Waals surface area contributed by atoms with Crippen LogP contribution in [-0.4, -0.2) is 49.1 Å². The van der Waals surface area contributed by atoms with Crippen molar-refractivity contribution in [1.82, 2.24) is 15.5 Å². The lowest BCUT2D eigenvalue weighted by atomic mass is 10.1. The Hall–Kier alpha value is -0.610. The lowest BCUT2D eigenvalue weighted by Gasteiger charge is -2.35. The van der Waals surface area contributed by atoms with Crippen molar-refractivity contribution in [3.8, 4) is 0 Å². The van der Waals surface area contributed by atoms with Gasteiger partial charge < -0.3 is 10.6 Å². The van der Waals surface area contributed by atoms with Crippen LogP contribution in [0.25, 0.3) is 0 Å². The summed E-state index contributed by atoms with van der Waals surface area (Å²) < 4.78 is 0. The van der Waals surface area contributed by atoms with Gasteiger partial charge in [-0.25, -0.2) is 0 Å². The minimum atomic E-state index is 0.00109. The standard InChI is InChI=1S/C13H27N3O/c1-4-5-6-7-15-13(17)12(3)16-9-8-14-11(2)10-16/h11-12,14H,4-10H2,1-3H3,(H,15,17)/t11-,12?/m1/s1. The van der Waals surface area contributed by atoms with Crippen molar-refractivity contribution in [2.24, 2.45) is 0 Å². The van der Waals surface area contributed by atoms with Gasteiger partial charge in [0.25, 0.3) is 0 Å². The number of piperazine rings is 1. The minimum Gasteiger partial charge on any atom is -0.355 e. The zero-order chi connectivity index (χ0) is 12.7. The molecular weight excluding hydrogens is 214 g/mol. The summed E-state index contributed by atoms with van der Waals surface area (Å²) in [6.45, 7) is 10.1. The number of hydrogen-bond donors (Lipinski definition) is 2. The molecule has 17 heavy (non-hydrogen) atoms. The molecule has 2 atom stereocenters. The van der Waals surface area contributed by atoms with Gasteiger partial charge in [-0.05, 0) is 20.3 Å². The Morgan fingerprint density at radius 1 is 1.53 bits per heavy atom. The van der Waals surface area contributed by atoms with E-state index >= 15 is 0 Å². The second kappa shape index (κ2) is 7.67. The van der Waals surface area contributed by atoms with Gasteiger partial charge in [-0.2, -0.15) is 0 Å². The van der Waals surface area contributed by atoms with E-state index in [9.17, 15) is 4.79 Å². The fourth-order valence-corrected chi connectivity index (χ4v) is 2.21. The quantitative estimate of drug-likeness (QED) is 0.681. The molecule has 1 aliphatic rings. The topological polar surface area (TPSA) is 44.4 Å². The van der Waals surface area contributed by atoms with Gasteiger partial charge in [-0.15, -0.1) is 0 Å². The Morgan fingerprint density at radius 3 is 2.94 bits per heavy atom. The summed E-state index contributed by atoms with van der Waals surface area (Å²) in [5.41, 5.74) is 0. The number of carbonyl (C=O) groups excluding carboxylic acids is 1. The maximum atomic E-state index is 11.9. The van der Waals surface area contributed by atoms with E-state index in [2.05, 4.69) is 29.4 Å². The predicted octanol–water partition coefficient (Wildman–Crippen LogP) is 0.975. The summed E-state index contributed by atoms with van der Waals surface area (Å²) in [7, 11) is 0. The molecule has 100 valence electrons. The lowest BCUT2D eigenvalue weighted by Crippen LogP contribution is -2.55. The van der Waals surface area contributed by atoms with Crippen LogP contribution in [0.2, 0.25) is 0 Å². The van der Waals surface area contributed by atoms with Gasteiger partial charge >= 0.3 is 0 Å². The number of amides is 1. The molecule has 1 aliphatic heterocycles. The van der Waals surface area contributed by atoms with E-state index < -0.39 is 0 Å². The number of nitrogens with zero attached hydrogens (tertiary/aromatic N) is 1. The normalized spacial score (nSPS) is 23.4. The van der Waals surface area contributed by atoms with Crippen LogP contribution in [0, 0.1) is 0 Å². The first kappa shape index (κ1) is 14.5. The molecule has 0 spiro atoms. The molecule has 2 N–H and O–H groups in total. The van der Waals surface area contributed by atoms with Gasteiger partial charge in [0.1, 0.15) is 0 Å². The van der Waals surface area contributed by atoms with E-state index in [-0.39, 0.29) is 11.9 Å². The molecule has 0 aromatic heterocycles. The molecule has 4 heteroatoms. The zero-order valence-electron chi connectivity index (χ0n) is 11.5. The summed E-state index contributed by atoms with van der Waals surface area (Å²) >= 11 is 0. The van der Waals surface area contributed by atoms with Gasteiger partial charge in [0.2, 0.25) is 5.91 Å². The van der Waals surface area contributed by atoms with Gasteiger partial charge in [-0.1, -0.05) is 19.8 Å². The van der Waals surface area contributed by atoms with Crippen molar-refractivity contribution in [3.05, 3.63) is 0 Å². The lowest BCUT2D eigenvalue weighted by molar-refractivity contribution is -0.126. The van der Waals surface area contributed by atoms with Crippen LogP contribution < -0.4 is 10.6 Å². The molecule has 1 heterocycles. The Kier molecular flexibility index (Phi) is 6.52. The van der Waals surface area contributed by atoms with Crippen molar-refractivity contribution in [2.75, 3.05) is 26.2 Å². The third-order valence-electron chi connectivity index (χ3n) is 3.41. The highest BCUT2D eigenvalue weighted by Crippen LogP contribution is 2.04. The number of nitrogens with one attached hydrogen (secondary N) is 2. The molecule has 1 rings (SSSR count). The predicted molar refractivity (Wildman–Crippen MR) is 71.0 cm³/mol. The van der Waals surface area contributed by atoms with Crippen LogP contribution in [-0.2, 0) is 4.79 Å². The molecule has 0 aromatic rings. The third-order valence-corrected chi connectivity index (χ3v) is 3.41. The van der Waals surface area contributed by atoms with E-state index in [1.54, 1.807) is 0 Å². The second-order valence-corrected chi connectivity index (χ2v) is 5.02. The molecule has 0 aromatic carbocycles. The average Bonchev–Trinajstić information content (AvgIpc) is 2.33. The van der Waals surface area contributed by atoms with E-state index in [1.807, 2.05) is 6.92 Å². The number of rotatable bonds is 6. The minimum absolute atomic E-state index is 0.00109. The van der Waals surface area contributed by atoms with E-state index in [1.165, 1.54) is 12.8 Å². The Labute approximate surface area is 105 Å². The monoisotopic (exact) mass is 241 g/mol. The fraction of sp³-hybridized carbons (Fsp3) is 0.923.